The molecule has 3 saturated heterocycles. The summed E-state index contributed by atoms with van der Waals surface area (Å²) >= 11 is 0. The van der Waals surface area contributed by atoms with Crippen molar-refractivity contribution < 1.29 is 39.5 Å². The quantitative estimate of drug-likeness (QED) is 0.163. The zero-order valence-corrected chi connectivity index (χ0v) is 37.1. The van der Waals surface area contributed by atoms with Crippen molar-refractivity contribution in [2.45, 2.75) is 95.7 Å². The second-order valence-electron chi connectivity index (χ2n) is 18.6. The van der Waals surface area contributed by atoms with Crippen LogP contribution in [0, 0.1) is 0 Å². The molecule has 5 aliphatic heterocycles. The number of likely N-dealkylation sites (tertiary alicyclic amines) is 2. The monoisotopic (exact) mass is 890 g/mol. The lowest BCUT2D eigenvalue weighted by molar-refractivity contribution is -0.161. The number of nitrogens with two attached hydrogens (primary N) is 1. The molecule has 7 heterocycles. The van der Waals surface area contributed by atoms with E-state index in [9.17, 15) is 34.8 Å². The van der Waals surface area contributed by atoms with Gasteiger partial charge in [0, 0.05) is 89.5 Å². The normalized spacial score (nSPS) is 19.6. The minimum atomic E-state index is -1.52. The average molecular weight is 891 g/mol. The molecule has 6 N–H and O–H groups in total. The Hall–Kier alpha value is -5.95. The number of ether oxygens (including phenoxy) is 1. The van der Waals surface area contributed by atoms with Crippen molar-refractivity contribution in [1.29, 1.82) is 0 Å². The zero-order valence-electron chi connectivity index (χ0n) is 37.1. The molecular formula is C47H58N10O8. The lowest BCUT2D eigenvalue weighted by atomic mass is 9.85. The number of carbonyl (C=O) groups is 3. The molecule has 65 heavy (non-hydrogen) atoms. The smallest absolute Gasteiger partial charge is 0.258 e. The Morgan fingerprint density at radius 2 is 1.51 bits per heavy atom. The molecule has 0 atom stereocenters. The van der Waals surface area contributed by atoms with Gasteiger partial charge in [-0.3, -0.25) is 19.3 Å². The van der Waals surface area contributed by atoms with Gasteiger partial charge in [-0.15, -0.1) is 0 Å². The number of morpholine rings is 1. The van der Waals surface area contributed by atoms with Crippen molar-refractivity contribution in [2.24, 2.45) is 0 Å². The number of rotatable bonds is 9. The van der Waals surface area contributed by atoms with E-state index in [-0.39, 0.29) is 98.4 Å². The molecule has 3 amide bonds. The molecule has 0 unspecified atom stereocenters. The van der Waals surface area contributed by atoms with E-state index in [1.165, 1.54) is 6.07 Å². The predicted molar refractivity (Wildman–Crippen MR) is 238 cm³/mol. The summed E-state index contributed by atoms with van der Waals surface area (Å²) in [6.07, 6.45) is 4.63. The predicted octanol–water partition coefficient (Wildman–Crippen LogP) is 2.70. The summed E-state index contributed by atoms with van der Waals surface area (Å²) in [4.78, 5) is 68.7. The van der Waals surface area contributed by atoms with Gasteiger partial charge in [0.1, 0.15) is 22.9 Å². The van der Waals surface area contributed by atoms with E-state index in [4.69, 9.17) is 20.4 Å². The molecule has 3 fully saturated rings. The number of anilines is 2. The van der Waals surface area contributed by atoms with Gasteiger partial charge in [0.05, 0.1) is 48.6 Å². The van der Waals surface area contributed by atoms with Crippen LogP contribution in [0.2, 0.25) is 0 Å². The number of fused-ring (bicyclic) bond motifs is 2. The number of aliphatic hydroxyl groups is 2. The highest BCUT2D eigenvalue weighted by molar-refractivity contribution is 5.97. The van der Waals surface area contributed by atoms with Gasteiger partial charge in [-0.05, 0) is 66.3 Å². The van der Waals surface area contributed by atoms with Crippen LogP contribution in [-0.2, 0) is 46.9 Å². The lowest BCUT2D eigenvalue weighted by Gasteiger charge is -2.44. The maximum Gasteiger partial charge on any atom is 0.258 e. The SMILES string of the molecule is CC(C)c1cc(C(=O)N2Cc3ccc(CN4CCC(O)(C(=O)N5CCC(O)(CC(=O)N6CCc7c(nc(-c8cnc(N)nc8)nc7N7CCOCC7)C6)CC5)CC4)cc3C2)c(O)cc1O. The number of piperidine rings is 2. The molecule has 18 heteroatoms. The molecule has 4 aromatic rings. The third-order valence-corrected chi connectivity index (χ3v) is 13.9. The summed E-state index contributed by atoms with van der Waals surface area (Å²) in [6, 6.07) is 8.98. The largest absolute Gasteiger partial charge is 0.508 e. The van der Waals surface area contributed by atoms with Crippen LogP contribution < -0.4 is 10.6 Å². The van der Waals surface area contributed by atoms with E-state index in [1.807, 2.05) is 26.0 Å². The molecule has 2 aromatic carbocycles. The van der Waals surface area contributed by atoms with Gasteiger partial charge >= 0.3 is 0 Å². The first-order chi connectivity index (χ1) is 31.1. The first-order valence-electron chi connectivity index (χ1n) is 22.7. The molecule has 18 nitrogen and oxygen atoms in total. The van der Waals surface area contributed by atoms with Crippen LogP contribution in [0.4, 0.5) is 11.8 Å². The summed E-state index contributed by atoms with van der Waals surface area (Å²) < 4.78 is 5.59. The fourth-order valence-electron chi connectivity index (χ4n) is 9.87. The Kier molecular flexibility index (Phi) is 12.1. The first-order valence-corrected chi connectivity index (χ1v) is 22.7. The van der Waals surface area contributed by atoms with Crippen LogP contribution in [0.5, 0.6) is 11.5 Å². The van der Waals surface area contributed by atoms with Crippen LogP contribution in [0.25, 0.3) is 11.4 Å². The van der Waals surface area contributed by atoms with E-state index in [0.29, 0.717) is 88.9 Å². The number of carbonyl (C=O) groups excluding carboxylic acids is 3. The molecule has 0 spiro atoms. The maximum atomic E-state index is 13.8. The molecule has 9 rings (SSSR count). The van der Waals surface area contributed by atoms with Gasteiger partial charge in [0.25, 0.3) is 11.8 Å². The molecule has 0 aliphatic carbocycles. The molecule has 344 valence electrons. The van der Waals surface area contributed by atoms with Crippen molar-refractivity contribution in [3.05, 3.63) is 81.8 Å². The molecule has 5 aliphatic rings. The van der Waals surface area contributed by atoms with Crippen LogP contribution in [0.15, 0.2) is 42.7 Å². The van der Waals surface area contributed by atoms with E-state index in [1.54, 1.807) is 33.2 Å². The number of aromatic nitrogens is 4. The Morgan fingerprint density at radius 1 is 0.800 bits per heavy atom. The van der Waals surface area contributed by atoms with Gasteiger partial charge in [-0.2, -0.15) is 0 Å². The lowest BCUT2D eigenvalue weighted by Crippen LogP contribution is -2.58. The second kappa shape index (κ2) is 17.8. The maximum absolute atomic E-state index is 13.8. The highest BCUT2D eigenvalue weighted by atomic mass is 16.5. The van der Waals surface area contributed by atoms with Crippen LogP contribution in [0.1, 0.15) is 95.7 Å². The molecule has 0 radical (unpaired) electrons. The van der Waals surface area contributed by atoms with Crippen molar-refractivity contribution in [3.63, 3.8) is 0 Å². The Balaban J connectivity index is 0.766. The standard InChI is InChI=1S/C47H58N10O8/c1-29(2)35-20-36(39(59)21-38(35)58)43(61)57-26-31-4-3-30(19-32(31)27-57)25-53-11-8-47(64,9-12-53)44(62)55-13-6-46(63,7-14-55)22-40(60)56-10-5-34-37(28-56)51-41(33-23-49-45(48)50-24-33)52-42(34)54-15-17-65-18-16-54/h3-4,19-21,23-24,29,58-59,63-64H,5-18,22,25-28H2,1-2H3,(H2,48,49,50). The van der Waals surface area contributed by atoms with E-state index >= 15 is 0 Å². The van der Waals surface area contributed by atoms with Crippen LogP contribution >= 0.6 is 0 Å². The molecular weight excluding hydrogens is 833 g/mol. The number of nitrogen functional groups attached to an aromatic ring is 1. The topological polar surface area (TPSA) is 235 Å². The number of amides is 3. The first kappa shape index (κ1) is 44.3. The van der Waals surface area contributed by atoms with Gasteiger partial charge < -0.3 is 50.5 Å². The van der Waals surface area contributed by atoms with E-state index < -0.39 is 11.2 Å². The average Bonchev–Trinajstić information content (AvgIpc) is 3.73. The Morgan fingerprint density at radius 3 is 2.22 bits per heavy atom. The summed E-state index contributed by atoms with van der Waals surface area (Å²) in [5.41, 5.74) is 9.17. The fourth-order valence-corrected chi connectivity index (χ4v) is 9.87. The van der Waals surface area contributed by atoms with Crippen molar-refractivity contribution >= 4 is 29.5 Å². The van der Waals surface area contributed by atoms with Crippen molar-refractivity contribution in [1.82, 2.24) is 39.5 Å². The van der Waals surface area contributed by atoms with Gasteiger partial charge in [-0.25, -0.2) is 19.9 Å². The number of hydrogen-bond acceptors (Lipinski definition) is 15. The number of phenols is 2. The third-order valence-electron chi connectivity index (χ3n) is 13.9. The number of hydrogen-bond donors (Lipinski definition) is 5. The van der Waals surface area contributed by atoms with Gasteiger partial charge in [-0.1, -0.05) is 32.0 Å². The summed E-state index contributed by atoms with van der Waals surface area (Å²) in [7, 11) is 0. The molecule has 2 aromatic heterocycles. The third kappa shape index (κ3) is 9.17. The Bertz CT molecular complexity index is 2460. The zero-order chi connectivity index (χ0) is 45.6. The van der Waals surface area contributed by atoms with Crippen LogP contribution in [-0.4, -0.2) is 148 Å². The number of aromatic hydroxyl groups is 2. The minimum absolute atomic E-state index is 0.0205. The highest BCUT2D eigenvalue weighted by Crippen LogP contribution is 2.37. The highest BCUT2D eigenvalue weighted by Gasteiger charge is 2.45. The van der Waals surface area contributed by atoms with Crippen molar-refractivity contribution in [2.75, 3.05) is 69.7 Å². The number of phenolic OH excluding ortho intramolecular Hbond substituents is 2. The van der Waals surface area contributed by atoms with E-state index in [0.717, 1.165) is 33.8 Å². The molecule has 0 bridgehead atoms. The molecule has 0 saturated carbocycles. The van der Waals surface area contributed by atoms with Crippen molar-refractivity contribution in [3.8, 4) is 22.9 Å². The number of benzene rings is 2. The second-order valence-corrected chi connectivity index (χ2v) is 18.6. The van der Waals surface area contributed by atoms with Gasteiger partial charge in [0.15, 0.2) is 5.82 Å². The number of nitrogens with zero attached hydrogens (tertiary/aromatic N) is 9. The van der Waals surface area contributed by atoms with E-state index in [2.05, 4.69) is 25.8 Å². The minimum Gasteiger partial charge on any atom is -0.508 e. The summed E-state index contributed by atoms with van der Waals surface area (Å²) in [5.74, 6) is 0.294. The summed E-state index contributed by atoms with van der Waals surface area (Å²) in [6.45, 7) is 10.1. The summed E-state index contributed by atoms with van der Waals surface area (Å²) in [5, 5.41) is 44.1. The van der Waals surface area contributed by atoms with Gasteiger partial charge in [0.2, 0.25) is 11.9 Å². The Labute approximate surface area is 377 Å². The fraction of sp³-hybridized carbons (Fsp3) is 0.511. The van der Waals surface area contributed by atoms with Crippen LogP contribution in [0.3, 0.4) is 0 Å².